The highest BCUT2D eigenvalue weighted by atomic mass is 19.1. The van der Waals surface area contributed by atoms with E-state index >= 15 is 0 Å². The van der Waals surface area contributed by atoms with Gasteiger partial charge in [-0.05, 0) is 67.6 Å². The minimum atomic E-state index is -0.478. The van der Waals surface area contributed by atoms with Crippen molar-refractivity contribution >= 4 is 0 Å². The van der Waals surface area contributed by atoms with Gasteiger partial charge in [0.05, 0.1) is 6.61 Å². The van der Waals surface area contributed by atoms with E-state index in [1.54, 1.807) is 0 Å². The van der Waals surface area contributed by atoms with E-state index in [0.29, 0.717) is 13.2 Å². The number of ether oxygens (including phenoxy) is 1. The van der Waals surface area contributed by atoms with Crippen LogP contribution in [-0.2, 0) is 19.5 Å². The number of hydrogen-bond donors (Lipinski definition) is 0. The lowest BCUT2D eigenvalue weighted by molar-refractivity contribution is 0.237. The normalized spacial score (nSPS) is 15.6. The maximum absolute atomic E-state index is 14.3. The number of nitrogens with zero attached hydrogens (tertiary/aromatic N) is 1. The molecule has 31 heavy (non-hydrogen) atoms. The van der Waals surface area contributed by atoms with E-state index in [-0.39, 0.29) is 12.1 Å². The van der Waals surface area contributed by atoms with Gasteiger partial charge in [0.25, 0.3) is 0 Å². The second-order valence-corrected chi connectivity index (χ2v) is 8.43. The molecule has 1 aliphatic heterocycles. The van der Waals surface area contributed by atoms with Gasteiger partial charge in [-0.2, -0.15) is 0 Å². The third-order valence-corrected chi connectivity index (χ3v) is 5.83. The Hall–Kier alpha value is -2.72. The van der Waals surface area contributed by atoms with Crippen molar-refractivity contribution in [1.29, 1.82) is 0 Å². The highest BCUT2D eigenvalue weighted by Gasteiger charge is 2.15. The molecule has 0 spiro atoms. The lowest BCUT2D eigenvalue weighted by atomic mass is 10.00. The molecule has 0 N–H and O–H groups in total. The molecule has 0 saturated heterocycles. The van der Waals surface area contributed by atoms with E-state index < -0.39 is 11.6 Å². The van der Waals surface area contributed by atoms with Gasteiger partial charge in [-0.1, -0.05) is 48.0 Å². The van der Waals surface area contributed by atoms with E-state index in [1.165, 1.54) is 34.9 Å². The van der Waals surface area contributed by atoms with Gasteiger partial charge < -0.3 is 4.74 Å². The monoisotopic (exact) mass is 421 g/mol. The summed E-state index contributed by atoms with van der Waals surface area (Å²) in [7, 11) is 0. The van der Waals surface area contributed by atoms with Gasteiger partial charge in [0.2, 0.25) is 0 Å². The minimum absolute atomic E-state index is 0.146. The second kappa shape index (κ2) is 10.1. The van der Waals surface area contributed by atoms with E-state index in [1.807, 2.05) is 0 Å². The fourth-order valence-electron chi connectivity index (χ4n) is 4.22. The molecule has 3 aromatic rings. The summed E-state index contributed by atoms with van der Waals surface area (Å²) in [4.78, 5) is 2.14. The fourth-order valence-corrected chi connectivity index (χ4v) is 4.22. The largest absolute Gasteiger partial charge is 0.493 e. The van der Waals surface area contributed by atoms with Gasteiger partial charge in [-0.15, -0.1) is 0 Å². The molecular formula is C27H29F2NO. The maximum Gasteiger partial charge on any atom is 0.130 e. The molecule has 0 radical (unpaired) electrons. The lowest BCUT2D eigenvalue weighted by Gasteiger charge is -2.24. The number of hydrogen-bond acceptors (Lipinski definition) is 2. The van der Waals surface area contributed by atoms with Crippen molar-refractivity contribution in [1.82, 2.24) is 4.90 Å². The summed E-state index contributed by atoms with van der Waals surface area (Å²) in [6.07, 6.45) is 3.73. The molecule has 1 heterocycles. The van der Waals surface area contributed by atoms with Crippen LogP contribution < -0.4 is 4.74 Å². The first-order valence-electron chi connectivity index (χ1n) is 11.0. The van der Waals surface area contributed by atoms with Gasteiger partial charge in [0.15, 0.2) is 0 Å². The molecule has 0 unspecified atom stereocenters. The molecular weight excluding hydrogens is 392 g/mol. The summed E-state index contributed by atoms with van der Waals surface area (Å²) in [6.45, 7) is 4.49. The highest BCUT2D eigenvalue weighted by molar-refractivity contribution is 5.41. The van der Waals surface area contributed by atoms with Gasteiger partial charge in [-0.25, -0.2) is 8.78 Å². The summed E-state index contributed by atoms with van der Waals surface area (Å²) in [5, 5.41) is 0. The van der Waals surface area contributed by atoms with Crippen LogP contribution in [0.5, 0.6) is 5.75 Å². The SMILES string of the molecule is Cc1ccc2c(c1)Cc1cccc(c1)CN(Cc1c(F)cccc1F)CCCCCO2. The Morgan fingerprint density at radius 1 is 0.871 bits per heavy atom. The molecule has 2 bridgehead atoms. The minimum Gasteiger partial charge on any atom is -0.493 e. The first kappa shape index (κ1) is 21.5. The lowest BCUT2D eigenvalue weighted by Crippen LogP contribution is -2.25. The summed E-state index contributed by atoms with van der Waals surface area (Å²) >= 11 is 0. The molecule has 3 aromatic carbocycles. The van der Waals surface area contributed by atoms with Gasteiger partial charge >= 0.3 is 0 Å². The molecule has 4 heteroatoms. The van der Waals surface area contributed by atoms with Crippen molar-refractivity contribution in [3.8, 4) is 5.75 Å². The third kappa shape index (κ3) is 5.71. The van der Waals surface area contributed by atoms with E-state index in [2.05, 4.69) is 54.3 Å². The number of benzene rings is 3. The van der Waals surface area contributed by atoms with Crippen LogP contribution in [-0.4, -0.2) is 18.1 Å². The Labute approximate surface area is 183 Å². The smallest absolute Gasteiger partial charge is 0.130 e. The predicted molar refractivity (Wildman–Crippen MR) is 120 cm³/mol. The van der Waals surface area contributed by atoms with Crippen LogP contribution in [0.15, 0.2) is 60.7 Å². The topological polar surface area (TPSA) is 12.5 Å². The van der Waals surface area contributed by atoms with Crippen molar-refractivity contribution in [3.63, 3.8) is 0 Å². The van der Waals surface area contributed by atoms with Gasteiger partial charge in [0.1, 0.15) is 17.4 Å². The number of fused-ring (bicyclic) bond motifs is 3. The Morgan fingerprint density at radius 3 is 2.48 bits per heavy atom. The third-order valence-electron chi connectivity index (χ3n) is 5.83. The molecule has 0 aromatic heterocycles. The summed E-state index contributed by atoms with van der Waals surface area (Å²) in [6, 6.07) is 18.9. The number of aryl methyl sites for hydroxylation is 1. The quantitative estimate of drug-likeness (QED) is 0.473. The molecule has 4 rings (SSSR count). The number of halogens is 2. The van der Waals surface area contributed by atoms with Crippen molar-refractivity contribution in [2.45, 2.75) is 45.7 Å². The first-order chi connectivity index (χ1) is 15.1. The van der Waals surface area contributed by atoms with Crippen molar-refractivity contribution in [3.05, 3.63) is 100 Å². The van der Waals surface area contributed by atoms with E-state index in [4.69, 9.17) is 4.74 Å². The second-order valence-electron chi connectivity index (χ2n) is 8.43. The standard InChI is InChI=1S/C27H29F2NO/c1-20-11-12-27-23(15-20)17-21-7-5-8-22(16-21)18-30(13-3-2-4-14-31-27)19-24-25(28)9-6-10-26(24)29/h5-12,15-16H,2-4,13-14,17-19H2,1H3. The summed E-state index contributed by atoms with van der Waals surface area (Å²) in [5.74, 6) is 0.00628. The zero-order chi connectivity index (χ0) is 21.6. The first-order valence-corrected chi connectivity index (χ1v) is 11.0. The molecule has 0 aliphatic carbocycles. The predicted octanol–water partition coefficient (Wildman–Crippen LogP) is 6.43. The van der Waals surface area contributed by atoms with Crippen molar-refractivity contribution in [2.75, 3.05) is 13.2 Å². The highest BCUT2D eigenvalue weighted by Crippen LogP contribution is 2.25. The van der Waals surface area contributed by atoms with Crippen LogP contribution in [0.4, 0.5) is 8.78 Å². The van der Waals surface area contributed by atoms with Crippen LogP contribution >= 0.6 is 0 Å². The van der Waals surface area contributed by atoms with E-state index in [0.717, 1.165) is 43.5 Å². The fraction of sp³-hybridized carbons (Fsp3) is 0.333. The van der Waals surface area contributed by atoms with Crippen LogP contribution in [0.3, 0.4) is 0 Å². The molecule has 0 amide bonds. The van der Waals surface area contributed by atoms with Crippen LogP contribution in [0, 0.1) is 18.6 Å². The van der Waals surface area contributed by atoms with Gasteiger partial charge in [0, 0.05) is 25.1 Å². The zero-order valence-electron chi connectivity index (χ0n) is 18.0. The van der Waals surface area contributed by atoms with Crippen molar-refractivity contribution < 1.29 is 13.5 Å². The van der Waals surface area contributed by atoms with Crippen LogP contribution in [0.2, 0.25) is 0 Å². The van der Waals surface area contributed by atoms with E-state index in [9.17, 15) is 8.78 Å². The summed E-state index contributed by atoms with van der Waals surface area (Å²) < 4.78 is 34.6. The Balaban J connectivity index is 1.60. The van der Waals surface area contributed by atoms with Crippen molar-refractivity contribution in [2.24, 2.45) is 0 Å². The maximum atomic E-state index is 14.3. The summed E-state index contributed by atoms with van der Waals surface area (Å²) in [5.41, 5.74) is 4.92. The average Bonchev–Trinajstić information content (AvgIpc) is 2.74. The van der Waals surface area contributed by atoms with Crippen LogP contribution in [0.1, 0.15) is 47.1 Å². The van der Waals surface area contributed by atoms with Crippen LogP contribution in [0.25, 0.3) is 0 Å². The molecule has 1 aliphatic rings. The number of rotatable bonds is 2. The molecule has 0 fully saturated rings. The molecule has 162 valence electrons. The average molecular weight is 422 g/mol. The van der Waals surface area contributed by atoms with Gasteiger partial charge in [-0.3, -0.25) is 4.90 Å². The molecule has 2 nitrogen and oxygen atoms in total. The zero-order valence-corrected chi connectivity index (χ0v) is 18.0. The Morgan fingerprint density at radius 2 is 1.65 bits per heavy atom. The Bertz CT molecular complexity index is 1010. The molecule has 0 atom stereocenters. The molecule has 0 saturated carbocycles. The Kier molecular flexibility index (Phi) is 6.98.